The fourth-order valence-corrected chi connectivity index (χ4v) is 2.48. The minimum Gasteiger partial charge on any atom is -0.320 e. The Morgan fingerprint density at radius 1 is 1.41 bits per heavy atom. The number of nitro benzene ring substituents is 1. The topological polar surface area (TPSA) is 69.2 Å². The molecule has 1 atom stereocenters. The van der Waals surface area contributed by atoms with E-state index in [1.165, 1.54) is 29.5 Å². The van der Waals surface area contributed by atoms with Gasteiger partial charge in [-0.05, 0) is 23.1 Å². The maximum absolute atomic E-state index is 10.7. The minimum absolute atomic E-state index is 0.00333. The zero-order valence-corrected chi connectivity index (χ0v) is 10.2. The molecule has 0 radical (unpaired) electrons. The lowest BCUT2D eigenvalue weighted by molar-refractivity contribution is -0.384. The molecule has 1 aromatic heterocycles. The number of rotatable bonds is 3. The summed E-state index contributed by atoms with van der Waals surface area (Å²) >= 11 is 7.51. The van der Waals surface area contributed by atoms with Crippen LogP contribution >= 0.6 is 22.9 Å². The summed E-state index contributed by atoms with van der Waals surface area (Å²) in [5, 5.41) is 13.0. The average molecular weight is 269 g/mol. The predicted octanol–water partition coefficient (Wildman–Crippen LogP) is 3.36. The van der Waals surface area contributed by atoms with E-state index < -0.39 is 11.0 Å². The van der Waals surface area contributed by atoms with E-state index >= 15 is 0 Å². The molecule has 2 aromatic rings. The maximum Gasteiger partial charge on any atom is 0.269 e. The Bertz CT molecular complexity index is 542. The summed E-state index contributed by atoms with van der Waals surface area (Å²) in [5.74, 6) is 0. The summed E-state index contributed by atoms with van der Waals surface area (Å²) in [6.07, 6.45) is 0. The highest BCUT2D eigenvalue weighted by atomic mass is 35.5. The van der Waals surface area contributed by atoms with Gasteiger partial charge in [0.05, 0.1) is 11.0 Å². The van der Waals surface area contributed by atoms with Crippen LogP contribution < -0.4 is 5.73 Å². The predicted molar refractivity (Wildman–Crippen MR) is 68.5 cm³/mol. The van der Waals surface area contributed by atoms with Crippen molar-refractivity contribution in [2.45, 2.75) is 6.04 Å². The number of nitro groups is 1. The Labute approximate surface area is 107 Å². The zero-order chi connectivity index (χ0) is 12.4. The van der Waals surface area contributed by atoms with Crippen LogP contribution in [0.5, 0.6) is 0 Å². The summed E-state index contributed by atoms with van der Waals surface area (Å²) in [5.41, 5.74) is 6.60. The van der Waals surface area contributed by atoms with Crippen LogP contribution in [0.1, 0.15) is 16.5 Å². The van der Waals surface area contributed by atoms with Crippen molar-refractivity contribution in [1.82, 2.24) is 0 Å². The molecule has 0 fully saturated rings. The summed E-state index contributed by atoms with van der Waals surface area (Å²) in [6, 6.07) is 7.63. The normalized spacial score (nSPS) is 12.4. The van der Waals surface area contributed by atoms with E-state index in [1.54, 1.807) is 0 Å². The Morgan fingerprint density at radius 3 is 2.76 bits per heavy atom. The molecule has 0 saturated heterocycles. The minimum atomic E-state index is -0.457. The van der Waals surface area contributed by atoms with Gasteiger partial charge in [0.2, 0.25) is 0 Å². The molecule has 1 heterocycles. The van der Waals surface area contributed by atoms with Crippen LogP contribution in [-0.2, 0) is 0 Å². The number of halogens is 1. The Balaban J connectivity index is 2.44. The molecule has 17 heavy (non-hydrogen) atoms. The van der Waals surface area contributed by atoms with Gasteiger partial charge in [-0.15, -0.1) is 11.3 Å². The molecule has 0 unspecified atom stereocenters. The SMILES string of the molecule is N[C@@H](c1cccs1)c1cc([N+](=O)[O-])ccc1Cl. The third-order valence-electron chi connectivity index (χ3n) is 2.38. The number of non-ortho nitro benzene ring substituents is 1. The van der Waals surface area contributed by atoms with E-state index in [-0.39, 0.29) is 5.69 Å². The number of benzene rings is 1. The van der Waals surface area contributed by atoms with E-state index in [0.29, 0.717) is 10.6 Å². The number of hydrogen-bond donors (Lipinski definition) is 1. The highest BCUT2D eigenvalue weighted by molar-refractivity contribution is 7.10. The van der Waals surface area contributed by atoms with Gasteiger partial charge in [0.15, 0.2) is 0 Å². The first kappa shape index (κ1) is 12.0. The van der Waals surface area contributed by atoms with Crippen molar-refractivity contribution in [3.63, 3.8) is 0 Å². The number of nitrogens with zero attached hydrogens (tertiary/aromatic N) is 1. The Hall–Kier alpha value is -1.43. The monoisotopic (exact) mass is 268 g/mol. The van der Waals surface area contributed by atoms with Gasteiger partial charge < -0.3 is 5.73 Å². The van der Waals surface area contributed by atoms with Gasteiger partial charge in [-0.3, -0.25) is 10.1 Å². The molecule has 4 nitrogen and oxygen atoms in total. The molecule has 0 aliphatic rings. The van der Waals surface area contributed by atoms with Crippen LogP contribution in [-0.4, -0.2) is 4.92 Å². The van der Waals surface area contributed by atoms with E-state index in [9.17, 15) is 10.1 Å². The first-order valence-corrected chi connectivity index (χ1v) is 6.08. The quantitative estimate of drug-likeness (QED) is 0.685. The van der Waals surface area contributed by atoms with Crippen LogP contribution in [0.25, 0.3) is 0 Å². The van der Waals surface area contributed by atoms with Crippen molar-refractivity contribution in [2.75, 3.05) is 0 Å². The van der Waals surface area contributed by atoms with E-state index in [1.807, 2.05) is 17.5 Å². The number of thiophene rings is 1. The first-order chi connectivity index (χ1) is 8.09. The van der Waals surface area contributed by atoms with Gasteiger partial charge in [-0.2, -0.15) is 0 Å². The van der Waals surface area contributed by atoms with Crippen molar-refractivity contribution in [1.29, 1.82) is 0 Å². The third kappa shape index (κ3) is 2.46. The van der Waals surface area contributed by atoms with Gasteiger partial charge in [0, 0.05) is 22.0 Å². The molecule has 0 spiro atoms. The fourth-order valence-electron chi connectivity index (χ4n) is 1.50. The van der Waals surface area contributed by atoms with Gasteiger partial charge in [0.25, 0.3) is 5.69 Å². The van der Waals surface area contributed by atoms with Crippen molar-refractivity contribution < 1.29 is 4.92 Å². The standard InChI is InChI=1S/C11H9ClN2O2S/c12-9-4-3-7(14(15)16)6-8(9)11(13)10-2-1-5-17-10/h1-6,11H,13H2/t11-/m1/s1. The fraction of sp³-hybridized carbons (Fsp3) is 0.0909. The van der Waals surface area contributed by atoms with Crippen LogP contribution in [0.4, 0.5) is 5.69 Å². The number of hydrogen-bond acceptors (Lipinski definition) is 4. The van der Waals surface area contributed by atoms with Crippen molar-refractivity contribution in [3.05, 3.63) is 61.3 Å². The summed E-state index contributed by atoms with van der Waals surface area (Å²) in [7, 11) is 0. The van der Waals surface area contributed by atoms with E-state index in [0.717, 1.165) is 4.88 Å². The molecule has 1 aromatic carbocycles. The summed E-state index contributed by atoms with van der Waals surface area (Å²) in [6.45, 7) is 0. The lowest BCUT2D eigenvalue weighted by Gasteiger charge is -2.11. The maximum atomic E-state index is 10.7. The van der Waals surface area contributed by atoms with E-state index in [2.05, 4.69) is 0 Å². The molecule has 0 aliphatic heterocycles. The second kappa shape index (κ2) is 4.83. The van der Waals surface area contributed by atoms with Crippen molar-refractivity contribution in [2.24, 2.45) is 5.73 Å². The molecule has 2 N–H and O–H groups in total. The smallest absolute Gasteiger partial charge is 0.269 e. The van der Waals surface area contributed by atoms with Gasteiger partial charge in [-0.1, -0.05) is 17.7 Å². The highest BCUT2D eigenvalue weighted by Crippen LogP contribution is 2.31. The molecule has 0 bridgehead atoms. The lowest BCUT2D eigenvalue weighted by atomic mass is 10.1. The Kier molecular flexibility index (Phi) is 3.42. The van der Waals surface area contributed by atoms with Crippen LogP contribution in [0.15, 0.2) is 35.7 Å². The molecule has 0 saturated carbocycles. The molecular formula is C11H9ClN2O2S. The second-order valence-corrected chi connectivity index (χ2v) is 4.84. The van der Waals surface area contributed by atoms with Gasteiger partial charge in [-0.25, -0.2) is 0 Å². The van der Waals surface area contributed by atoms with Crippen LogP contribution in [0, 0.1) is 10.1 Å². The molecular weight excluding hydrogens is 260 g/mol. The number of nitrogens with two attached hydrogens (primary N) is 1. The van der Waals surface area contributed by atoms with Gasteiger partial charge >= 0.3 is 0 Å². The van der Waals surface area contributed by atoms with Crippen LogP contribution in [0.3, 0.4) is 0 Å². The van der Waals surface area contributed by atoms with E-state index in [4.69, 9.17) is 17.3 Å². The highest BCUT2D eigenvalue weighted by Gasteiger charge is 2.17. The third-order valence-corrected chi connectivity index (χ3v) is 3.67. The lowest BCUT2D eigenvalue weighted by Crippen LogP contribution is -2.11. The first-order valence-electron chi connectivity index (χ1n) is 4.82. The molecule has 88 valence electrons. The molecule has 0 amide bonds. The summed E-state index contributed by atoms with van der Waals surface area (Å²) in [4.78, 5) is 11.2. The molecule has 0 aliphatic carbocycles. The molecule has 2 rings (SSSR count). The van der Waals surface area contributed by atoms with Crippen LogP contribution in [0.2, 0.25) is 5.02 Å². The van der Waals surface area contributed by atoms with Crippen molar-refractivity contribution in [3.8, 4) is 0 Å². The zero-order valence-electron chi connectivity index (χ0n) is 8.67. The Morgan fingerprint density at radius 2 is 2.18 bits per heavy atom. The average Bonchev–Trinajstić information content (AvgIpc) is 2.81. The summed E-state index contributed by atoms with van der Waals surface area (Å²) < 4.78 is 0. The second-order valence-electron chi connectivity index (χ2n) is 3.46. The van der Waals surface area contributed by atoms with Gasteiger partial charge in [0.1, 0.15) is 0 Å². The molecule has 6 heteroatoms. The largest absolute Gasteiger partial charge is 0.320 e. The van der Waals surface area contributed by atoms with Crippen molar-refractivity contribution >= 4 is 28.6 Å².